The van der Waals surface area contributed by atoms with Crippen LogP contribution in [-0.2, 0) is 4.79 Å². The Hall–Kier alpha value is -1.22. The average Bonchev–Trinajstić information content (AvgIpc) is 2.92. The topological polar surface area (TPSA) is 29.1 Å². The molecule has 2 rings (SSSR count). The molecule has 19 heavy (non-hydrogen) atoms. The molecule has 0 aromatic heterocycles. The SMILES string of the molecule is O=C(CC1C=CCC1)NCCCSc1ccccc1. The highest BCUT2D eigenvalue weighted by atomic mass is 32.2. The van der Waals surface area contributed by atoms with E-state index in [0.717, 1.165) is 31.6 Å². The van der Waals surface area contributed by atoms with Gasteiger partial charge in [-0.15, -0.1) is 11.8 Å². The Morgan fingerprint density at radius 3 is 2.89 bits per heavy atom. The molecule has 102 valence electrons. The molecule has 0 bridgehead atoms. The van der Waals surface area contributed by atoms with E-state index < -0.39 is 0 Å². The van der Waals surface area contributed by atoms with E-state index in [2.05, 4.69) is 41.7 Å². The van der Waals surface area contributed by atoms with Crippen molar-refractivity contribution in [2.75, 3.05) is 12.3 Å². The van der Waals surface area contributed by atoms with Gasteiger partial charge in [0.2, 0.25) is 5.91 Å². The van der Waals surface area contributed by atoms with Crippen LogP contribution in [0.15, 0.2) is 47.4 Å². The predicted octanol–water partition coefficient (Wildman–Crippen LogP) is 3.64. The average molecular weight is 275 g/mol. The summed E-state index contributed by atoms with van der Waals surface area (Å²) in [6, 6.07) is 10.4. The van der Waals surface area contributed by atoms with Crippen molar-refractivity contribution in [3.63, 3.8) is 0 Å². The molecule has 3 heteroatoms. The van der Waals surface area contributed by atoms with Gasteiger partial charge in [-0.25, -0.2) is 0 Å². The largest absolute Gasteiger partial charge is 0.356 e. The number of nitrogens with one attached hydrogen (secondary N) is 1. The number of carbonyl (C=O) groups excluding carboxylic acids is 1. The van der Waals surface area contributed by atoms with E-state index in [9.17, 15) is 4.79 Å². The monoisotopic (exact) mass is 275 g/mol. The molecule has 1 aliphatic rings. The second-order valence-electron chi connectivity index (χ2n) is 4.83. The van der Waals surface area contributed by atoms with Gasteiger partial charge in [0.15, 0.2) is 0 Å². The van der Waals surface area contributed by atoms with E-state index in [1.807, 2.05) is 17.8 Å². The summed E-state index contributed by atoms with van der Waals surface area (Å²) in [5.74, 6) is 1.72. The normalized spacial score (nSPS) is 17.6. The van der Waals surface area contributed by atoms with Crippen LogP contribution >= 0.6 is 11.8 Å². The van der Waals surface area contributed by atoms with E-state index >= 15 is 0 Å². The molecule has 1 atom stereocenters. The van der Waals surface area contributed by atoms with Gasteiger partial charge >= 0.3 is 0 Å². The summed E-state index contributed by atoms with van der Waals surface area (Å²) in [6.45, 7) is 0.787. The number of hydrogen-bond acceptors (Lipinski definition) is 2. The third-order valence-electron chi connectivity index (χ3n) is 3.22. The van der Waals surface area contributed by atoms with Gasteiger partial charge in [-0.1, -0.05) is 30.4 Å². The lowest BCUT2D eigenvalue weighted by atomic mass is 10.1. The van der Waals surface area contributed by atoms with Crippen LogP contribution in [0.25, 0.3) is 0 Å². The Kier molecular flexibility index (Phi) is 6.02. The van der Waals surface area contributed by atoms with Crippen LogP contribution in [0.1, 0.15) is 25.7 Å². The minimum atomic E-state index is 0.196. The second kappa shape index (κ2) is 8.05. The van der Waals surface area contributed by atoms with Gasteiger partial charge in [-0.3, -0.25) is 4.79 Å². The van der Waals surface area contributed by atoms with Crippen molar-refractivity contribution in [3.8, 4) is 0 Å². The molecule has 0 heterocycles. The first-order valence-corrected chi connectivity index (χ1v) is 7.94. The summed E-state index contributed by atoms with van der Waals surface area (Å²) >= 11 is 1.84. The molecule has 1 unspecified atom stereocenters. The van der Waals surface area contributed by atoms with Crippen LogP contribution in [0.5, 0.6) is 0 Å². The van der Waals surface area contributed by atoms with E-state index in [1.54, 1.807) is 0 Å². The fourth-order valence-electron chi connectivity index (χ4n) is 2.18. The standard InChI is InChI=1S/C16H21NOS/c18-16(13-14-7-4-5-8-14)17-11-6-12-19-15-9-2-1-3-10-15/h1-4,7,9-10,14H,5-6,8,11-13H2,(H,17,18). The highest BCUT2D eigenvalue weighted by Crippen LogP contribution is 2.20. The molecular weight excluding hydrogens is 254 g/mol. The molecule has 0 saturated carbocycles. The van der Waals surface area contributed by atoms with Crippen LogP contribution < -0.4 is 5.32 Å². The number of rotatable bonds is 7. The minimum absolute atomic E-state index is 0.196. The third kappa shape index (κ3) is 5.52. The molecule has 0 saturated heterocycles. The van der Waals surface area contributed by atoms with Crippen molar-refractivity contribution in [2.24, 2.45) is 5.92 Å². The molecule has 1 amide bonds. The van der Waals surface area contributed by atoms with Gasteiger partial charge in [-0.2, -0.15) is 0 Å². The summed E-state index contributed by atoms with van der Waals surface area (Å²) in [7, 11) is 0. The Balaban J connectivity index is 1.52. The fraction of sp³-hybridized carbons (Fsp3) is 0.438. The maximum atomic E-state index is 11.7. The Morgan fingerprint density at radius 2 is 2.16 bits per heavy atom. The van der Waals surface area contributed by atoms with Gasteiger partial charge in [0.05, 0.1) is 0 Å². The zero-order valence-corrected chi connectivity index (χ0v) is 12.0. The van der Waals surface area contributed by atoms with Crippen LogP contribution in [0, 0.1) is 5.92 Å². The van der Waals surface area contributed by atoms with Gasteiger partial charge in [-0.05, 0) is 43.1 Å². The first kappa shape index (κ1) is 14.2. The smallest absolute Gasteiger partial charge is 0.220 e. The molecule has 1 aromatic carbocycles. The first-order chi connectivity index (χ1) is 9.34. The highest BCUT2D eigenvalue weighted by Gasteiger charge is 2.13. The zero-order chi connectivity index (χ0) is 13.3. The van der Waals surface area contributed by atoms with Crippen LogP contribution in [0.2, 0.25) is 0 Å². The van der Waals surface area contributed by atoms with Crippen LogP contribution in [0.3, 0.4) is 0 Å². The molecule has 1 aromatic rings. The van der Waals surface area contributed by atoms with Crippen molar-refractivity contribution in [1.29, 1.82) is 0 Å². The molecular formula is C16H21NOS. The number of hydrogen-bond donors (Lipinski definition) is 1. The lowest BCUT2D eigenvalue weighted by Crippen LogP contribution is -2.26. The van der Waals surface area contributed by atoms with E-state index in [0.29, 0.717) is 12.3 Å². The quantitative estimate of drug-likeness (QED) is 0.467. The highest BCUT2D eigenvalue weighted by molar-refractivity contribution is 7.99. The molecule has 1 aliphatic carbocycles. The fourth-order valence-corrected chi connectivity index (χ4v) is 3.06. The van der Waals surface area contributed by atoms with E-state index in [4.69, 9.17) is 0 Å². The summed E-state index contributed by atoms with van der Waals surface area (Å²) in [5.41, 5.74) is 0. The lowest BCUT2D eigenvalue weighted by molar-refractivity contribution is -0.121. The number of amides is 1. The van der Waals surface area contributed by atoms with Gasteiger partial charge in [0, 0.05) is 17.9 Å². The third-order valence-corrected chi connectivity index (χ3v) is 4.31. The molecule has 2 nitrogen and oxygen atoms in total. The molecule has 0 fully saturated rings. The van der Waals surface area contributed by atoms with Crippen molar-refractivity contribution in [3.05, 3.63) is 42.5 Å². The number of allylic oxidation sites excluding steroid dienone is 2. The number of benzene rings is 1. The van der Waals surface area contributed by atoms with Gasteiger partial charge in [0.25, 0.3) is 0 Å². The Morgan fingerprint density at radius 1 is 1.32 bits per heavy atom. The lowest BCUT2D eigenvalue weighted by Gasteiger charge is -2.08. The van der Waals surface area contributed by atoms with Crippen molar-refractivity contribution < 1.29 is 4.79 Å². The zero-order valence-electron chi connectivity index (χ0n) is 11.2. The van der Waals surface area contributed by atoms with Crippen molar-refractivity contribution in [1.82, 2.24) is 5.32 Å². The number of carbonyl (C=O) groups is 1. The van der Waals surface area contributed by atoms with Crippen molar-refractivity contribution >= 4 is 17.7 Å². The minimum Gasteiger partial charge on any atom is -0.356 e. The molecule has 0 radical (unpaired) electrons. The van der Waals surface area contributed by atoms with Crippen LogP contribution in [-0.4, -0.2) is 18.2 Å². The van der Waals surface area contributed by atoms with Crippen LogP contribution in [0.4, 0.5) is 0 Å². The van der Waals surface area contributed by atoms with E-state index in [-0.39, 0.29) is 5.91 Å². The number of thioether (sulfide) groups is 1. The second-order valence-corrected chi connectivity index (χ2v) is 6.00. The Bertz CT molecular complexity index is 416. The first-order valence-electron chi connectivity index (χ1n) is 6.96. The molecule has 0 aliphatic heterocycles. The molecule has 0 spiro atoms. The predicted molar refractivity (Wildman–Crippen MR) is 81.3 cm³/mol. The van der Waals surface area contributed by atoms with E-state index in [1.165, 1.54) is 4.90 Å². The maximum Gasteiger partial charge on any atom is 0.220 e. The Labute approximate surface area is 119 Å². The summed E-state index contributed by atoms with van der Waals surface area (Å²) < 4.78 is 0. The molecule has 1 N–H and O–H groups in total. The van der Waals surface area contributed by atoms with Gasteiger partial charge in [0.1, 0.15) is 0 Å². The summed E-state index contributed by atoms with van der Waals surface area (Å²) in [4.78, 5) is 13.0. The summed E-state index contributed by atoms with van der Waals surface area (Å²) in [6.07, 6.45) is 8.29. The van der Waals surface area contributed by atoms with Gasteiger partial charge < -0.3 is 5.32 Å². The van der Waals surface area contributed by atoms with Crippen molar-refractivity contribution in [2.45, 2.75) is 30.6 Å². The summed E-state index contributed by atoms with van der Waals surface area (Å²) in [5, 5.41) is 3.01. The maximum absolute atomic E-state index is 11.7.